The van der Waals surface area contributed by atoms with Gasteiger partial charge in [-0.15, -0.1) is 0 Å². The highest BCUT2D eigenvalue weighted by molar-refractivity contribution is 5.70. The van der Waals surface area contributed by atoms with Crippen LogP contribution in [0.15, 0.2) is 18.2 Å². The average Bonchev–Trinajstić information content (AvgIpc) is 2.60. The molecule has 1 unspecified atom stereocenters. The van der Waals surface area contributed by atoms with E-state index in [0.29, 0.717) is 0 Å². The molecule has 2 rings (SSSR count). The summed E-state index contributed by atoms with van der Waals surface area (Å²) in [5, 5.41) is 8.86. The van der Waals surface area contributed by atoms with E-state index in [2.05, 4.69) is 4.74 Å². The first-order valence-corrected chi connectivity index (χ1v) is 8.92. The van der Waals surface area contributed by atoms with Crippen molar-refractivity contribution in [1.82, 2.24) is 9.80 Å². The van der Waals surface area contributed by atoms with E-state index in [9.17, 15) is 35.9 Å². The van der Waals surface area contributed by atoms with Crippen molar-refractivity contribution in [2.75, 3.05) is 26.2 Å². The monoisotopic (exact) mass is 442 g/mol. The number of amides is 1. The molecule has 1 saturated heterocycles. The number of hydrogen-bond donors (Lipinski definition) is 1. The molecule has 0 bridgehead atoms. The fourth-order valence-electron chi connectivity index (χ4n) is 2.93. The molecule has 1 aromatic carbocycles. The molecule has 6 nitrogen and oxygen atoms in total. The molecule has 0 aromatic heterocycles. The zero-order valence-electron chi connectivity index (χ0n) is 15.9. The van der Waals surface area contributed by atoms with E-state index < -0.39 is 42.5 Å². The molecule has 1 heterocycles. The Morgan fingerprint density at radius 1 is 1.03 bits per heavy atom. The molecule has 0 saturated carbocycles. The van der Waals surface area contributed by atoms with Crippen LogP contribution in [0.4, 0.5) is 31.1 Å². The van der Waals surface area contributed by atoms with Gasteiger partial charge in [0, 0.05) is 32.7 Å². The molecule has 1 aliphatic rings. The molecule has 1 N–H and O–H groups in total. The number of carboxylic acid groups (broad SMARTS) is 1. The summed E-state index contributed by atoms with van der Waals surface area (Å²) in [5.74, 6) is -1.26. The Bertz CT molecular complexity index is 773. The third kappa shape index (κ3) is 6.78. The summed E-state index contributed by atoms with van der Waals surface area (Å²) in [7, 11) is 0. The average molecular weight is 442 g/mol. The van der Waals surface area contributed by atoms with Crippen LogP contribution in [-0.2, 0) is 28.7 Å². The Hall–Kier alpha value is -2.50. The fourth-order valence-corrected chi connectivity index (χ4v) is 2.93. The van der Waals surface area contributed by atoms with Crippen molar-refractivity contribution in [2.24, 2.45) is 0 Å². The van der Waals surface area contributed by atoms with Crippen molar-refractivity contribution >= 4 is 12.1 Å². The summed E-state index contributed by atoms with van der Waals surface area (Å²) in [4.78, 5) is 25.5. The maximum atomic E-state index is 13.1. The maximum absolute atomic E-state index is 13.1. The molecule has 1 fully saturated rings. The normalized spacial score (nSPS) is 17.0. The van der Waals surface area contributed by atoms with Crippen LogP contribution in [0.1, 0.15) is 23.6 Å². The second kappa shape index (κ2) is 9.11. The van der Waals surface area contributed by atoms with Crippen LogP contribution >= 0.6 is 0 Å². The van der Waals surface area contributed by atoms with Gasteiger partial charge in [-0.2, -0.15) is 26.3 Å². The van der Waals surface area contributed by atoms with Gasteiger partial charge < -0.3 is 14.7 Å². The molecule has 1 aliphatic heterocycles. The second-order valence-electron chi connectivity index (χ2n) is 6.94. The van der Waals surface area contributed by atoms with E-state index >= 15 is 0 Å². The predicted octanol–water partition coefficient (Wildman–Crippen LogP) is 3.54. The lowest BCUT2D eigenvalue weighted by atomic mass is 10.0. The minimum absolute atomic E-state index is 0.00989. The molecule has 1 amide bonds. The minimum atomic E-state index is -4.67. The van der Waals surface area contributed by atoms with Crippen molar-refractivity contribution in [3.8, 4) is 0 Å². The number of rotatable bonds is 5. The van der Waals surface area contributed by atoms with E-state index in [1.165, 1.54) is 6.07 Å². The summed E-state index contributed by atoms with van der Waals surface area (Å²) < 4.78 is 81.1. The molecule has 168 valence electrons. The predicted molar refractivity (Wildman–Crippen MR) is 91.6 cm³/mol. The van der Waals surface area contributed by atoms with Gasteiger partial charge in [0.05, 0.1) is 12.0 Å². The van der Waals surface area contributed by atoms with E-state index in [4.69, 9.17) is 5.11 Å². The number of halogens is 6. The van der Waals surface area contributed by atoms with Gasteiger partial charge in [-0.3, -0.25) is 9.69 Å². The number of nitrogens with zero attached hydrogens (tertiary/aromatic N) is 2. The van der Waals surface area contributed by atoms with Crippen LogP contribution in [-0.4, -0.2) is 65.4 Å². The maximum Gasteiger partial charge on any atom is 0.425 e. The lowest BCUT2D eigenvalue weighted by Gasteiger charge is -2.34. The molecule has 30 heavy (non-hydrogen) atoms. The van der Waals surface area contributed by atoms with Crippen LogP contribution in [0, 0.1) is 0 Å². The van der Waals surface area contributed by atoms with Gasteiger partial charge in [0.2, 0.25) is 0 Å². The highest BCUT2D eigenvalue weighted by Crippen LogP contribution is 2.31. The summed E-state index contributed by atoms with van der Waals surface area (Å²) >= 11 is 0. The summed E-state index contributed by atoms with van der Waals surface area (Å²) in [5.41, 5.74) is -0.696. The highest BCUT2D eigenvalue weighted by Gasteiger charge is 2.40. The Kier molecular flexibility index (Phi) is 7.22. The van der Waals surface area contributed by atoms with Crippen LogP contribution < -0.4 is 0 Å². The molecular formula is C18H20F6N2O4. The SMILES string of the molecule is CC(OC(=O)N1CCN(Cc2cc(CC(=O)O)cc(C(F)(F)F)c2)CC1)C(F)(F)F. The van der Waals surface area contributed by atoms with Crippen molar-refractivity contribution in [2.45, 2.75) is 38.3 Å². The Morgan fingerprint density at radius 2 is 1.60 bits per heavy atom. The summed E-state index contributed by atoms with van der Waals surface area (Å²) in [6.45, 7) is 1.30. The number of carboxylic acids is 1. The first-order valence-electron chi connectivity index (χ1n) is 8.92. The van der Waals surface area contributed by atoms with E-state index in [1.54, 1.807) is 4.90 Å². The standard InChI is InChI=1S/C18H20F6N2O4/c1-11(17(19,20)21)30-16(29)26-4-2-25(3-5-26)10-13-6-12(9-15(27)28)7-14(8-13)18(22,23)24/h6-8,11H,2-5,9-10H2,1H3,(H,27,28). The molecule has 0 aliphatic carbocycles. The van der Waals surface area contributed by atoms with Crippen LogP contribution in [0.3, 0.4) is 0 Å². The number of ether oxygens (including phenoxy) is 1. The molecule has 0 spiro atoms. The number of hydrogen-bond acceptors (Lipinski definition) is 4. The Morgan fingerprint density at radius 3 is 2.10 bits per heavy atom. The lowest BCUT2D eigenvalue weighted by Crippen LogP contribution is -2.49. The second-order valence-corrected chi connectivity index (χ2v) is 6.94. The zero-order valence-corrected chi connectivity index (χ0v) is 15.9. The van der Waals surface area contributed by atoms with E-state index in [1.807, 2.05) is 0 Å². The molecular weight excluding hydrogens is 422 g/mol. The topological polar surface area (TPSA) is 70.1 Å². The van der Waals surface area contributed by atoms with Gasteiger partial charge in [-0.05, 0) is 30.2 Å². The van der Waals surface area contributed by atoms with Gasteiger partial charge in [0.15, 0.2) is 6.10 Å². The van der Waals surface area contributed by atoms with Gasteiger partial charge in [0.25, 0.3) is 0 Å². The molecule has 12 heteroatoms. The van der Waals surface area contributed by atoms with Gasteiger partial charge in [-0.25, -0.2) is 4.79 Å². The first-order chi connectivity index (χ1) is 13.8. The first kappa shape index (κ1) is 23.8. The Balaban J connectivity index is 2.00. The minimum Gasteiger partial charge on any atom is -0.481 e. The number of carbonyl (C=O) groups excluding carboxylic acids is 1. The number of carbonyl (C=O) groups is 2. The quantitative estimate of drug-likeness (QED) is 0.707. The zero-order chi connectivity index (χ0) is 22.7. The number of benzene rings is 1. The van der Waals surface area contributed by atoms with Crippen LogP contribution in [0.25, 0.3) is 0 Å². The van der Waals surface area contributed by atoms with Crippen molar-refractivity contribution in [1.29, 1.82) is 0 Å². The third-order valence-electron chi connectivity index (χ3n) is 4.51. The number of piperazine rings is 1. The van der Waals surface area contributed by atoms with Crippen LogP contribution in [0.2, 0.25) is 0 Å². The van der Waals surface area contributed by atoms with Gasteiger partial charge in [0.1, 0.15) is 0 Å². The highest BCUT2D eigenvalue weighted by atomic mass is 19.4. The number of alkyl halides is 6. The molecule has 1 atom stereocenters. The van der Waals surface area contributed by atoms with E-state index in [-0.39, 0.29) is 43.9 Å². The molecule has 0 radical (unpaired) electrons. The number of aliphatic carboxylic acids is 1. The van der Waals surface area contributed by atoms with Gasteiger partial charge >= 0.3 is 24.4 Å². The Labute approximate surface area is 168 Å². The van der Waals surface area contributed by atoms with Gasteiger partial charge in [-0.1, -0.05) is 6.07 Å². The van der Waals surface area contributed by atoms with E-state index in [0.717, 1.165) is 24.0 Å². The largest absolute Gasteiger partial charge is 0.481 e. The fraction of sp³-hybridized carbons (Fsp3) is 0.556. The van der Waals surface area contributed by atoms with Crippen molar-refractivity contribution in [3.63, 3.8) is 0 Å². The summed E-state index contributed by atoms with van der Waals surface area (Å²) in [6.07, 6.45) is -13.2. The van der Waals surface area contributed by atoms with Crippen molar-refractivity contribution < 1.29 is 45.8 Å². The van der Waals surface area contributed by atoms with Crippen LogP contribution in [0.5, 0.6) is 0 Å². The van der Waals surface area contributed by atoms with Crippen molar-refractivity contribution in [3.05, 3.63) is 34.9 Å². The third-order valence-corrected chi connectivity index (χ3v) is 4.51. The smallest absolute Gasteiger partial charge is 0.425 e. The lowest BCUT2D eigenvalue weighted by molar-refractivity contribution is -0.200. The summed E-state index contributed by atoms with van der Waals surface area (Å²) in [6, 6.07) is 3.08. The molecule has 1 aromatic rings.